The number of nitrogens with zero attached hydrogens (tertiary/aromatic N) is 1. The van der Waals surface area contributed by atoms with Gasteiger partial charge in [0.25, 0.3) is 5.91 Å². The summed E-state index contributed by atoms with van der Waals surface area (Å²) < 4.78 is 32.4. The number of benzene rings is 2. The van der Waals surface area contributed by atoms with Gasteiger partial charge < -0.3 is 15.0 Å². The lowest BCUT2D eigenvalue weighted by molar-refractivity contribution is -0.119. The van der Waals surface area contributed by atoms with Gasteiger partial charge in [0.15, 0.2) is 6.61 Å². The summed E-state index contributed by atoms with van der Waals surface area (Å²) >= 11 is 0. The van der Waals surface area contributed by atoms with E-state index in [9.17, 15) is 18.0 Å². The Balaban J connectivity index is 1.54. The van der Waals surface area contributed by atoms with Crippen LogP contribution in [-0.4, -0.2) is 45.5 Å². The second-order valence-corrected chi connectivity index (χ2v) is 10.9. The molecule has 0 bridgehead atoms. The quantitative estimate of drug-likeness (QED) is 0.597. The lowest BCUT2D eigenvalue weighted by Gasteiger charge is -2.20. The molecule has 1 aliphatic rings. The highest BCUT2D eigenvalue weighted by molar-refractivity contribution is 7.89. The Morgan fingerprint density at radius 1 is 1.03 bits per heavy atom. The predicted octanol–water partition coefficient (Wildman–Crippen LogP) is 3.47. The first kappa shape index (κ1) is 24.7. The van der Waals surface area contributed by atoms with E-state index in [-0.39, 0.29) is 10.5 Å². The van der Waals surface area contributed by atoms with Gasteiger partial charge in [-0.2, -0.15) is 0 Å². The van der Waals surface area contributed by atoms with Gasteiger partial charge >= 0.3 is 5.97 Å². The van der Waals surface area contributed by atoms with Crippen LogP contribution in [0.1, 0.15) is 49.5 Å². The fourth-order valence-electron chi connectivity index (χ4n) is 3.59. The molecule has 3 rings (SSSR count). The summed E-state index contributed by atoms with van der Waals surface area (Å²) in [5.41, 5.74) is 2.26. The minimum atomic E-state index is -3.70. The van der Waals surface area contributed by atoms with Gasteiger partial charge in [0.05, 0.1) is 10.5 Å². The maximum absolute atomic E-state index is 12.4. The van der Waals surface area contributed by atoms with E-state index in [1.54, 1.807) is 20.8 Å². The molecule has 0 unspecified atom stereocenters. The van der Waals surface area contributed by atoms with Crippen molar-refractivity contribution in [3.63, 3.8) is 0 Å². The van der Waals surface area contributed by atoms with Crippen molar-refractivity contribution in [3.05, 3.63) is 53.6 Å². The molecule has 0 aliphatic carbocycles. The van der Waals surface area contributed by atoms with E-state index >= 15 is 0 Å². The van der Waals surface area contributed by atoms with Crippen LogP contribution in [0, 0.1) is 6.92 Å². The first-order chi connectivity index (χ1) is 15.4. The standard InChI is InChI=1S/C24H31N3O5S/c1-17-15-19(27-13-5-6-14-27)9-12-21(17)25-22(28)16-32-23(29)18-7-10-20(11-8-18)33(30,31)26-24(2,3)4/h7-12,15,26H,5-6,13-14,16H2,1-4H3,(H,25,28). The van der Waals surface area contributed by atoms with Crippen molar-refractivity contribution in [1.29, 1.82) is 0 Å². The SMILES string of the molecule is Cc1cc(N2CCCC2)ccc1NC(=O)COC(=O)c1ccc(S(=O)(=O)NC(C)(C)C)cc1. The molecular formula is C24H31N3O5S. The lowest BCUT2D eigenvalue weighted by atomic mass is 10.1. The normalized spacial score (nSPS) is 14.2. The third kappa shape index (κ3) is 6.79. The zero-order valence-electron chi connectivity index (χ0n) is 19.5. The minimum absolute atomic E-state index is 0.0413. The van der Waals surface area contributed by atoms with Crippen molar-refractivity contribution >= 4 is 33.3 Å². The van der Waals surface area contributed by atoms with Crippen molar-refractivity contribution in [2.45, 2.75) is 51.0 Å². The number of esters is 1. The van der Waals surface area contributed by atoms with Crippen molar-refractivity contribution in [1.82, 2.24) is 4.72 Å². The molecule has 1 amide bonds. The zero-order valence-corrected chi connectivity index (χ0v) is 20.3. The summed E-state index contributed by atoms with van der Waals surface area (Å²) in [5, 5.41) is 2.76. The molecule has 0 aromatic heterocycles. The first-order valence-corrected chi connectivity index (χ1v) is 12.4. The maximum atomic E-state index is 12.4. The van der Waals surface area contributed by atoms with Crippen molar-refractivity contribution < 1.29 is 22.7 Å². The molecule has 178 valence electrons. The molecule has 33 heavy (non-hydrogen) atoms. The summed E-state index contributed by atoms with van der Waals surface area (Å²) in [6.45, 7) is 8.78. The number of hydrogen-bond acceptors (Lipinski definition) is 6. The smallest absolute Gasteiger partial charge is 0.338 e. The summed E-state index contributed by atoms with van der Waals surface area (Å²) in [7, 11) is -3.70. The molecule has 2 N–H and O–H groups in total. The molecule has 0 saturated carbocycles. The van der Waals surface area contributed by atoms with E-state index in [1.165, 1.54) is 37.1 Å². The number of hydrogen-bond donors (Lipinski definition) is 2. The molecule has 2 aromatic rings. The van der Waals surface area contributed by atoms with E-state index in [0.717, 1.165) is 24.3 Å². The van der Waals surface area contributed by atoms with Gasteiger partial charge in [-0.3, -0.25) is 4.79 Å². The number of nitrogens with one attached hydrogen (secondary N) is 2. The minimum Gasteiger partial charge on any atom is -0.452 e. The number of sulfonamides is 1. The Morgan fingerprint density at radius 2 is 1.67 bits per heavy atom. The van der Waals surface area contributed by atoms with Crippen LogP contribution in [0.15, 0.2) is 47.4 Å². The van der Waals surface area contributed by atoms with Crippen LogP contribution in [-0.2, 0) is 19.6 Å². The highest BCUT2D eigenvalue weighted by Crippen LogP contribution is 2.25. The van der Waals surface area contributed by atoms with Gasteiger partial charge in [-0.15, -0.1) is 0 Å². The van der Waals surface area contributed by atoms with Gasteiger partial charge in [0, 0.05) is 30.0 Å². The molecule has 0 atom stereocenters. The molecule has 0 spiro atoms. The van der Waals surface area contributed by atoms with Gasteiger partial charge in [0.2, 0.25) is 10.0 Å². The molecule has 1 aliphatic heterocycles. The fraction of sp³-hybridized carbons (Fsp3) is 0.417. The molecule has 1 saturated heterocycles. The number of rotatable bonds is 7. The second-order valence-electron chi connectivity index (χ2n) is 9.20. The number of carbonyl (C=O) groups is 2. The molecule has 9 heteroatoms. The van der Waals surface area contributed by atoms with E-state index in [4.69, 9.17) is 4.74 Å². The highest BCUT2D eigenvalue weighted by atomic mass is 32.2. The summed E-state index contributed by atoms with van der Waals surface area (Å²) in [6.07, 6.45) is 2.38. The summed E-state index contributed by atoms with van der Waals surface area (Å²) in [4.78, 5) is 26.9. The van der Waals surface area contributed by atoms with Crippen LogP contribution in [0.2, 0.25) is 0 Å². The first-order valence-electron chi connectivity index (χ1n) is 10.9. The third-order valence-electron chi connectivity index (χ3n) is 5.13. The number of ether oxygens (including phenoxy) is 1. The predicted molar refractivity (Wildman–Crippen MR) is 128 cm³/mol. The third-order valence-corrected chi connectivity index (χ3v) is 6.90. The van der Waals surface area contributed by atoms with Gasteiger partial charge in [-0.05, 0) is 88.6 Å². The Hall–Kier alpha value is -2.91. The topological polar surface area (TPSA) is 105 Å². The van der Waals surface area contributed by atoms with Crippen LogP contribution < -0.4 is 14.9 Å². The van der Waals surface area contributed by atoms with E-state index in [2.05, 4.69) is 14.9 Å². The second kappa shape index (κ2) is 9.93. The number of aryl methyl sites for hydroxylation is 1. The summed E-state index contributed by atoms with van der Waals surface area (Å²) in [5.74, 6) is -1.16. The fourth-order valence-corrected chi connectivity index (χ4v) is 5.01. The summed E-state index contributed by atoms with van der Waals surface area (Å²) in [6, 6.07) is 11.2. The van der Waals surface area contributed by atoms with E-state index in [0.29, 0.717) is 5.69 Å². The molecular weight excluding hydrogens is 442 g/mol. The highest BCUT2D eigenvalue weighted by Gasteiger charge is 2.22. The van der Waals surface area contributed by atoms with Crippen molar-refractivity contribution in [3.8, 4) is 0 Å². The number of carbonyl (C=O) groups excluding carboxylic acids is 2. The number of anilines is 2. The zero-order chi connectivity index (χ0) is 24.2. The van der Waals surface area contributed by atoms with Crippen LogP contribution in [0.5, 0.6) is 0 Å². The largest absolute Gasteiger partial charge is 0.452 e. The van der Waals surface area contributed by atoms with Crippen LogP contribution in [0.3, 0.4) is 0 Å². The van der Waals surface area contributed by atoms with Crippen LogP contribution in [0.4, 0.5) is 11.4 Å². The van der Waals surface area contributed by atoms with Crippen molar-refractivity contribution in [2.75, 3.05) is 29.9 Å². The van der Waals surface area contributed by atoms with E-state index < -0.39 is 34.0 Å². The van der Waals surface area contributed by atoms with E-state index in [1.807, 2.05) is 25.1 Å². The molecule has 8 nitrogen and oxygen atoms in total. The monoisotopic (exact) mass is 473 g/mol. The molecule has 1 fully saturated rings. The van der Waals surface area contributed by atoms with Gasteiger partial charge in [-0.1, -0.05) is 0 Å². The Morgan fingerprint density at radius 3 is 2.24 bits per heavy atom. The average molecular weight is 474 g/mol. The van der Waals surface area contributed by atoms with Gasteiger partial charge in [-0.25, -0.2) is 17.9 Å². The van der Waals surface area contributed by atoms with Crippen LogP contribution in [0.25, 0.3) is 0 Å². The Bertz CT molecular complexity index is 1120. The van der Waals surface area contributed by atoms with Gasteiger partial charge in [0.1, 0.15) is 0 Å². The molecule has 0 radical (unpaired) electrons. The Kier molecular flexibility index (Phi) is 7.44. The Labute approximate surface area is 195 Å². The molecule has 1 heterocycles. The lowest BCUT2D eigenvalue weighted by Crippen LogP contribution is -2.40. The van der Waals surface area contributed by atoms with Crippen molar-refractivity contribution in [2.24, 2.45) is 0 Å². The number of amides is 1. The maximum Gasteiger partial charge on any atom is 0.338 e. The van der Waals surface area contributed by atoms with Crippen LogP contribution >= 0.6 is 0 Å². The average Bonchev–Trinajstić information content (AvgIpc) is 3.27. The molecule has 2 aromatic carbocycles.